The second-order valence-electron chi connectivity index (χ2n) is 10.4. The van der Waals surface area contributed by atoms with E-state index in [2.05, 4.69) is 13.8 Å². The Morgan fingerprint density at radius 2 is 1.54 bits per heavy atom. The first-order valence-electron chi connectivity index (χ1n) is 10.9. The van der Waals surface area contributed by atoms with Gasteiger partial charge in [0.1, 0.15) is 11.9 Å². The third-order valence-corrected chi connectivity index (χ3v) is 9.44. The van der Waals surface area contributed by atoms with Crippen LogP contribution in [0.15, 0.2) is 0 Å². The molecular formula is C23H36O3. The van der Waals surface area contributed by atoms with Crippen molar-refractivity contribution < 1.29 is 14.3 Å². The zero-order chi connectivity index (χ0) is 18.7. The standard InChI is InChI=1S/C23H36O3/c1-14(24)19-7-8-20-18-6-5-16-13-17(26-15(2)25)9-11-22(16,3)21(18)10-12-23(19,20)4/h16-21H,5-13H2,1-4H3/t16-,17-,18+,19-,20+,21+,22-,23-/m0/s1. The molecule has 0 bridgehead atoms. The minimum atomic E-state index is -0.123. The molecule has 0 unspecified atom stereocenters. The summed E-state index contributed by atoms with van der Waals surface area (Å²) in [6, 6.07) is 0. The van der Waals surface area contributed by atoms with Gasteiger partial charge in [-0.3, -0.25) is 9.59 Å². The Balaban J connectivity index is 1.54. The van der Waals surface area contributed by atoms with Crippen LogP contribution in [-0.4, -0.2) is 17.9 Å². The van der Waals surface area contributed by atoms with E-state index in [0.717, 1.165) is 37.0 Å². The molecule has 0 saturated heterocycles. The summed E-state index contributed by atoms with van der Waals surface area (Å²) in [5, 5.41) is 0. The Bertz CT molecular complexity index is 598. The topological polar surface area (TPSA) is 43.4 Å². The number of ether oxygens (including phenoxy) is 1. The Morgan fingerprint density at radius 1 is 0.846 bits per heavy atom. The molecule has 3 nitrogen and oxygen atoms in total. The highest BCUT2D eigenvalue weighted by Crippen LogP contribution is 2.67. The van der Waals surface area contributed by atoms with Crippen LogP contribution in [0.5, 0.6) is 0 Å². The molecule has 0 N–H and O–H groups in total. The van der Waals surface area contributed by atoms with Crippen LogP contribution in [0.1, 0.15) is 85.5 Å². The minimum Gasteiger partial charge on any atom is -0.463 e. The van der Waals surface area contributed by atoms with Crippen LogP contribution in [0.25, 0.3) is 0 Å². The van der Waals surface area contributed by atoms with Gasteiger partial charge < -0.3 is 4.74 Å². The third kappa shape index (κ3) is 2.67. The predicted molar refractivity (Wildman–Crippen MR) is 101 cm³/mol. The molecule has 4 saturated carbocycles. The van der Waals surface area contributed by atoms with Gasteiger partial charge in [0.2, 0.25) is 0 Å². The van der Waals surface area contributed by atoms with E-state index in [9.17, 15) is 9.59 Å². The lowest BCUT2D eigenvalue weighted by atomic mass is 9.44. The molecule has 8 atom stereocenters. The summed E-state index contributed by atoms with van der Waals surface area (Å²) < 4.78 is 5.57. The largest absolute Gasteiger partial charge is 0.463 e. The number of carbonyl (C=O) groups excluding carboxylic acids is 2. The van der Waals surface area contributed by atoms with Gasteiger partial charge in [-0.25, -0.2) is 0 Å². The Morgan fingerprint density at radius 3 is 2.23 bits per heavy atom. The van der Waals surface area contributed by atoms with Crippen molar-refractivity contribution in [3.05, 3.63) is 0 Å². The summed E-state index contributed by atoms with van der Waals surface area (Å²) in [5.74, 6) is 3.68. The van der Waals surface area contributed by atoms with E-state index in [1.165, 1.54) is 45.4 Å². The molecule has 0 aliphatic heterocycles. The molecule has 4 fully saturated rings. The zero-order valence-corrected chi connectivity index (χ0v) is 17.1. The Hall–Kier alpha value is -0.860. The van der Waals surface area contributed by atoms with E-state index in [0.29, 0.717) is 23.0 Å². The molecule has 4 aliphatic rings. The highest BCUT2D eigenvalue weighted by atomic mass is 16.5. The quantitative estimate of drug-likeness (QED) is 0.638. The van der Waals surface area contributed by atoms with E-state index >= 15 is 0 Å². The van der Waals surface area contributed by atoms with Crippen molar-refractivity contribution in [3.63, 3.8) is 0 Å². The number of hydrogen-bond acceptors (Lipinski definition) is 3. The molecule has 4 rings (SSSR count). The van der Waals surface area contributed by atoms with Gasteiger partial charge >= 0.3 is 5.97 Å². The molecule has 3 heteroatoms. The van der Waals surface area contributed by atoms with Crippen LogP contribution in [0.3, 0.4) is 0 Å². The lowest BCUT2D eigenvalue weighted by molar-refractivity contribution is -0.161. The van der Waals surface area contributed by atoms with Crippen molar-refractivity contribution in [3.8, 4) is 0 Å². The third-order valence-electron chi connectivity index (χ3n) is 9.44. The number of Topliss-reactive ketones (excluding diaryl/α,β-unsaturated/α-hetero) is 1. The molecule has 0 aromatic rings. The lowest BCUT2D eigenvalue weighted by Crippen LogP contribution is -2.54. The van der Waals surface area contributed by atoms with Crippen LogP contribution in [0, 0.1) is 40.4 Å². The van der Waals surface area contributed by atoms with E-state index in [1.54, 1.807) is 0 Å². The van der Waals surface area contributed by atoms with Gasteiger partial charge in [-0.1, -0.05) is 13.8 Å². The van der Waals surface area contributed by atoms with Crippen LogP contribution >= 0.6 is 0 Å². The molecule has 0 aromatic heterocycles. The van der Waals surface area contributed by atoms with Crippen molar-refractivity contribution in [2.75, 3.05) is 0 Å². The molecule has 0 spiro atoms. The second-order valence-corrected chi connectivity index (χ2v) is 10.4. The maximum absolute atomic E-state index is 12.2. The normalized spacial score (nSPS) is 50.3. The van der Waals surface area contributed by atoms with Gasteiger partial charge in [0.15, 0.2) is 0 Å². The van der Waals surface area contributed by atoms with Gasteiger partial charge in [-0.2, -0.15) is 0 Å². The highest BCUT2D eigenvalue weighted by Gasteiger charge is 2.60. The maximum Gasteiger partial charge on any atom is 0.302 e. The van der Waals surface area contributed by atoms with Crippen LogP contribution in [0.2, 0.25) is 0 Å². The van der Waals surface area contributed by atoms with Crippen LogP contribution in [0.4, 0.5) is 0 Å². The summed E-state index contributed by atoms with van der Waals surface area (Å²) in [7, 11) is 0. The number of ketones is 1. The number of hydrogen-bond donors (Lipinski definition) is 0. The van der Waals surface area contributed by atoms with Gasteiger partial charge in [0, 0.05) is 12.8 Å². The summed E-state index contributed by atoms with van der Waals surface area (Å²) in [6.07, 6.45) is 11.0. The monoisotopic (exact) mass is 360 g/mol. The minimum absolute atomic E-state index is 0.123. The van der Waals surface area contributed by atoms with Crippen LogP contribution in [-0.2, 0) is 14.3 Å². The molecule has 0 amide bonds. The smallest absolute Gasteiger partial charge is 0.302 e. The van der Waals surface area contributed by atoms with Gasteiger partial charge in [-0.05, 0) is 99.2 Å². The van der Waals surface area contributed by atoms with Crippen molar-refractivity contribution in [1.82, 2.24) is 0 Å². The number of fused-ring (bicyclic) bond motifs is 5. The second kappa shape index (κ2) is 6.34. The van der Waals surface area contributed by atoms with Crippen molar-refractivity contribution in [1.29, 1.82) is 0 Å². The number of rotatable bonds is 2. The molecule has 146 valence electrons. The zero-order valence-electron chi connectivity index (χ0n) is 17.1. The van der Waals surface area contributed by atoms with Gasteiger partial charge in [0.05, 0.1) is 0 Å². The first kappa shape index (κ1) is 18.5. The fourth-order valence-corrected chi connectivity index (χ4v) is 8.23. The molecule has 0 aromatic carbocycles. The first-order chi connectivity index (χ1) is 12.3. The van der Waals surface area contributed by atoms with E-state index in [-0.39, 0.29) is 17.5 Å². The van der Waals surface area contributed by atoms with Gasteiger partial charge in [-0.15, -0.1) is 0 Å². The fraction of sp³-hybridized carbons (Fsp3) is 0.913. The number of esters is 1. The Kier molecular flexibility index (Phi) is 4.51. The van der Waals surface area contributed by atoms with E-state index in [4.69, 9.17) is 4.74 Å². The van der Waals surface area contributed by atoms with E-state index < -0.39 is 0 Å². The molecular weight excluding hydrogens is 324 g/mol. The molecule has 4 aliphatic carbocycles. The van der Waals surface area contributed by atoms with E-state index in [1.807, 2.05) is 6.92 Å². The average Bonchev–Trinajstić information content (AvgIpc) is 2.92. The maximum atomic E-state index is 12.2. The average molecular weight is 361 g/mol. The predicted octanol–water partition coefficient (Wildman–Crippen LogP) is 5.17. The Labute approximate surface area is 158 Å². The lowest BCUT2D eigenvalue weighted by Gasteiger charge is -2.61. The molecule has 26 heavy (non-hydrogen) atoms. The van der Waals surface area contributed by atoms with Crippen molar-refractivity contribution in [2.24, 2.45) is 40.4 Å². The van der Waals surface area contributed by atoms with Crippen LogP contribution < -0.4 is 0 Å². The van der Waals surface area contributed by atoms with Crippen molar-refractivity contribution >= 4 is 11.8 Å². The summed E-state index contributed by atoms with van der Waals surface area (Å²) in [5.41, 5.74) is 0.667. The molecule has 0 heterocycles. The first-order valence-corrected chi connectivity index (χ1v) is 10.9. The highest BCUT2D eigenvalue weighted by molar-refractivity contribution is 5.79. The molecule has 0 radical (unpaired) electrons. The summed E-state index contributed by atoms with van der Waals surface area (Å²) >= 11 is 0. The van der Waals surface area contributed by atoms with Gasteiger partial charge in [0.25, 0.3) is 0 Å². The fourth-order valence-electron chi connectivity index (χ4n) is 8.23. The number of carbonyl (C=O) groups is 2. The van der Waals surface area contributed by atoms with Crippen molar-refractivity contribution in [2.45, 2.75) is 91.6 Å². The SMILES string of the molecule is CC(=O)O[C@H]1CC[C@@]2(C)[C@@H](CC[C@H]3[C@H]2CC[C@]2(C)[C@@H]3CC[C@H]2C(C)=O)C1. The summed E-state index contributed by atoms with van der Waals surface area (Å²) in [6.45, 7) is 8.33. The summed E-state index contributed by atoms with van der Waals surface area (Å²) in [4.78, 5) is 23.6.